The van der Waals surface area contributed by atoms with Crippen LogP contribution in [0.5, 0.6) is 0 Å². The van der Waals surface area contributed by atoms with Crippen molar-refractivity contribution in [3.05, 3.63) is 45.2 Å². The minimum Gasteiger partial charge on any atom is -0.307 e. The number of fused-ring (bicyclic) bond motifs is 1. The van der Waals surface area contributed by atoms with Gasteiger partial charge in [0.05, 0.1) is 16.8 Å². The average Bonchev–Trinajstić information content (AvgIpc) is 3.14. The summed E-state index contributed by atoms with van der Waals surface area (Å²) < 4.78 is 53.4. The van der Waals surface area contributed by atoms with Gasteiger partial charge in [0.2, 0.25) is 0 Å². The molecule has 0 unspecified atom stereocenters. The van der Waals surface area contributed by atoms with Crippen LogP contribution in [0.1, 0.15) is 24.2 Å². The summed E-state index contributed by atoms with van der Waals surface area (Å²) in [5.74, 6) is -0.285. The van der Waals surface area contributed by atoms with Gasteiger partial charge in [-0.1, -0.05) is 11.6 Å². The van der Waals surface area contributed by atoms with Crippen LogP contribution < -0.4 is 5.56 Å². The number of alkyl halides is 4. The molecule has 0 atom stereocenters. The summed E-state index contributed by atoms with van der Waals surface area (Å²) in [7, 11) is 0. The third-order valence-electron chi connectivity index (χ3n) is 3.90. The first kappa shape index (κ1) is 16.0. The van der Waals surface area contributed by atoms with Crippen LogP contribution in [-0.4, -0.2) is 24.7 Å². The Morgan fingerprint density at radius 2 is 2.00 bits per heavy atom. The number of hydrogen-bond donors (Lipinski definition) is 1. The maximum absolute atomic E-state index is 14.2. The predicted octanol–water partition coefficient (Wildman–Crippen LogP) is 3.13. The molecule has 3 aromatic rings. The van der Waals surface area contributed by atoms with E-state index >= 15 is 0 Å². The number of halogens is 5. The van der Waals surface area contributed by atoms with E-state index in [2.05, 4.69) is 20.1 Å². The highest BCUT2D eigenvalue weighted by molar-refractivity contribution is 6.32. The molecule has 1 aliphatic carbocycles. The second-order valence-corrected chi connectivity index (χ2v) is 6.11. The lowest BCUT2D eigenvalue weighted by molar-refractivity contribution is -0.137. The van der Waals surface area contributed by atoms with E-state index in [4.69, 9.17) is 11.6 Å². The Morgan fingerprint density at radius 1 is 1.28 bits per heavy atom. The van der Waals surface area contributed by atoms with Gasteiger partial charge < -0.3 is 4.98 Å². The minimum atomic E-state index is -4.60. The molecule has 0 aromatic carbocycles. The molecule has 0 amide bonds. The van der Waals surface area contributed by atoms with Gasteiger partial charge in [0.15, 0.2) is 17.1 Å². The summed E-state index contributed by atoms with van der Waals surface area (Å²) in [5, 5.41) is 3.62. The van der Waals surface area contributed by atoms with Crippen molar-refractivity contribution in [1.29, 1.82) is 0 Å². The first-order valence-corrected chi connectivity index (χ1v) is 7.47. The Morgan fingerprint density at radius 3 is 2.60 bits per heavy atom. The van der Waals surface area contributed by atoms with Gasteiger partial charge in [-0.25, -0.2) is 14.4 Å². The van der Waals surface area contributed by atoms with Crippen LogP contribution in [0.2, 0.25) is 5.02 Å². The molecule has 4 rings (SSSR count). The lowest BCUT2D eigenvalue weighted by atomic mass is 10.3. The summed E-state index contributed by atoms with van der Waals surface area (Å²) in [5.41, 5.74) is -3.35. The Bertz CT molecular complexity index is 1050. The lowest BCUT2D eigenvalue weighted by Crippen LogP contribution is -2.17. The van der Waals surface area contributed by atoms with Crippen LogP contribution in [0.15, 0.2) is 23.3 Å². The highest BCUT2D eigenvalue weighted by Crippen LogP contribution is 2.47. The fourth-order valence-corrected chi connectivity index (χ4v) is 2.62. The number of aromatic nitrogens is 5. The third-order valence-corrected chi connectivity index (χ3v) is 4.18. The van der Waals surface area contributed by atoms with Gasteiger partial charge in [-0.2, -0.15) is 23.0 Å². The molecule has 0 bridgehead atoms. The molecule has 1 aliphatic rings. The maximum atomic E-state index is 14.2. The molecule has 1 N–H and O–H groups in total. The van der Waals surface area contributed by atoms with E-state index in [1.54, 1.807) is 0 Å². The van der Waals surface area contributed by atoms with Crippen molar-refractivity contribution in [2.75, 3.05) is 0 Å². The lowest BCUT2D eigenvalue weighted by Gasteiger charge is -2.10. The molecule has 6 nitrogen and oxygen atoms in total. The first-order chi connectivity index (χ1) is 11.7. The van der Waals surface area contributed by atoms with Crippen molar-refractivity contribution >= 4 is 22.6 Å². The van der Waals surface area contributed by atoms with E-state index in [-0.39, 0.29) is 40.5 Å². The van der Waals surface area contributed by atoms with E-state index in [9.17, 15) is 22.4 Å². The van der Waals surface area contributed by atoms with Crippen LogP contribution in [0.3, 0.4) is 0 Å². The highest BCUT2D eigenvalue weighted by Gasteiger charge is 2.48. The van der Waals surface area contributed by atoms with Gasteiger partial charge in [0.25, 0.3) is 5.56 Å². The molecule has 0 aliphatic heterocycles. The number of hydrogen-bond acceptors (Lipinski definition) is 4. The molecule has 0 radical (unpaired) electrons. The van der Waals surface area contributed by atoms with Crippen molar-refractivity contribution in [1.82, 2.24) is 24.7 Å². The first-order valence-electron chi connectivity index (χ1n) is 7.10. The van der Waals surface area contributed by atoms with Gasteiger partial charge in [0, 0.05) is 6.20 Å². The molecule has 130 valence electrons. The Labute approximate surface area is 141 Å². The summed E-state index contributed by atoms with van der Waals surface area (Å²) in [6, 6.07) is 0.697. The van der Waals surface area contributed by atoms with Crippen LogP contribution >= 0.6 is 11.6 Å². The third kappa shape index (κ3) is 2.56. The van der Waals surface area contributed by atoms with Crippen molar-refractivity contribution in [3.8, 4) is 5.82 Å². The molecular formula is C14H8ClF4N5O. The van der Waals surface area contributed by atoms with Crippen LogP contribution in [0.25, 0.3) is 16.9 Å². The average molecular weight is 374 g/mol. The minimum absolute atomic E-state index is 0.0307. The largest absolute Gasteiger partial charge is 0.417 e. The van der Waals surface area contributed by atoms with Crippen LogP contribution in [-0.2, 0) is 11.8 Å². The standard InChI is InChI=1S/C14H8ClF4N5O/c15-8-3-6(14(17,18)19)4-20-10(8)24-9-7(5-21-24)11(25)23-12(22-9)13(16)1-2-13/h3-5H,1-2H2,(H,22,23,25). The van der Waals surface area contributed by atoms with Gasteiger partial charge >= 0.3 is 6.18 Å². The fourth-order valence-electron chi connectivity index (χ4n) is 2.37. The molecule has 3 heterocycles. The molecule has 0 spiro atoms. The summed E-state index contributed by atoms with van der Waals surface area (Å²) in [6.07, 6.45) is -2.38. The molecule has 11 heteroatoms. The van der Waals surface area contributed by atoms with Crippen LogP contribution in [0.4, 0.5) is 17.6 Å². The van der Waals surface area contributed by atoms with Gasteiger partial charge in [-0.3, -0.25) is 4.79 Å². The smallest absolute Gasteiger partial charge is 0.307 e. The normalized spacial score (nSPS) is 16.4. The molecule has 1 saturated carbocycles. The zero-order valence-corrected chi connectivity index (χ0v) is 13.0. The quantitative estimate of drug-likeness (QED) is 0.700. The zero-order valence-electron chi connectivity index (χ0n) is 12.2. The Balaban J connectivity index is 1.90. The fraction of sp³-hybridized carbons (Fsp3) is 0.286. The monoisotopic (exact) mass is 373 g/mol. The number of H-pyrrole nitrogens is 1. The van der Waals surface area contributed by atoms with Crippen molar-refractivity contribution in [3.63, 3.8) is 0 Å². The number of aromatic amines is 1. The highest BCUT2D eigenvalue weighted by atomic mass is 35.5. The summed E-state index contributed by atoms with van der Waals surface area (Å²) in [6.45, 7) is 0. The van der Waals surface area contributed by atoms with E-state index in [1.165, 1.54) is 6.20 Å². The molecule has 3 aromatic heterocycles. The summed E-state index contributed by atoms with van der Waals surface area (Å²) in [4.78, 5) is 22.2. The van der Waals surface area contributed by atoms with E-state index in [0.717, 1.165) is 4.68 Å². The number of nitrogens with one attached hydrogen (secondary N) is 1. The van der Waals surface area contributed by atoms with E-state index in [1.807, 2.05) is 0 Å². The Hall–Kier alpha value is -2.49. The SMILES string of the molecule is O=c1[nH]c(C2(F)CC2)nc2c1cnn2-c1ncc(C(F)(F)F)cc1Cl. The van der Waals surface area contributed by atoms with Crippen molar-refractivity contribution in [2.24, 2.45) is 0 Å². The molecule has 1 fully saturated rings. The second-order valence-electron chi connectivity index (χ2n) is 5.70. The van der Waals surface area contributed by atoms with E-state index in [0.29, 0.717) is 12.3 Å². The Kier molecular flexibility index (Phi) is 3.21. The van der Waals surface area contributed by atoms with Gasteiger partial charge in [0.1, 0.15) is 11.2 Å². The number of nitrogens with zero attached hydrogens (tertiary/aromatic N) is 4. The van der Waals surface area contributed by atoms with Gasteiger partial charge in [-0.05, 0) is 18.9 Å². The number of pyridine rings is 1. The number of rotatable bonds is 2. The van der Waals surface area contributed by atoms with Gasteiger partial charge in [-0.15, -0.1) is 0 Å². The molecule has 0 saturated heterocycles. The van der Waals surface area contributed by atoms with Crippen molar-refractivity contribution < 1.29 is 17.6 Å². The zero-order chi connectivity index (χ0) is 18.0. The molecule has 25 heavy (non-hydrogen) atoms. The second kappa shape index (κ2) is 5.01. The topological polar surface area (TPSA) is 76.5 Å². The van der Waals surface area contributed by atoms with Crippen molar-refractivity contribution in [2.45, 2.75) is 24.7 Å². The summed E-state index contributed by atoms with van der Waals surface area (Å²) >= 11 is 5.90. The molecular weight excluding hydrogens is 366 g/mol. The predicted molar refractivity (Wildman–Crippen MR) is 79.3 cm³/mol. The maximum Gasteiger partial charge on any atom is 0.417 e. The van der Waals surface area contributed by atoms with E-state index < -0.39 is 23.0 Å². The van der Waals surface area contributed by atoms with Crippen LogP contribution in [0, 0.1) is 0 Å².